The van der Waals surface area contributed by atoms with E-state index < -0.39 is 6.43 Å². The Morgan fingerprint density at radius 3 is 2.67 bits per heavy atom. The first kappa shape index (κ1) is 9.86. The Hall–Kier alpha value is -0.220. The van der Waals surface area contributed by atoms with E-state index in [2.05, 4.69) is 5.32 Å². The first-order chi connectivity index (χ1) is 5.70. The molecule has 1 aliphatic heterocycles. The topological polar surface area (TPSA) is 32.3 Å². The van der Waals surface area contributed by atoms with Crippen molar-refractivity contribution >= 4 is 0 Å². The Labute approximate surface area is 71.0 Å². The van der Waals surface area contributed by atoms with Crippen LogP contribution >= 0.6 is 0 Å². The highest BCUT2D eigenvalue weighted by Crippen LogP contribution is 2.17. The molecular formula is C8H15F2NO. The van der Waals surface area contributed by atoms with Crippen molar-refractivity contribution in [2.75, 3.05) is 13.1 Å². The second-order valence-electron chi connectivity index (χ2n) is 3.31. The predicted octanol–water partition coefficient (Wildman–Crippen LogP) is 1.00. The first-order valence-corrected chi connectivity index (χ1v) is 4.37. The zero-order valence-corrected chi connectivity index (χ0v) is 6.97. The maximum Gasteiger partial charge on any atom is 0.238 e. The molecule has 0 bridgehead atoms. The van der Waals surface area contributed by atoms with Gasteiger partial charge in [0.1, 0.15) is 0 Å². The molecule has 2 atom stereocenters. The molecule has 1 saturated heterocycles. The van der Waals surface area contributed by atoms with Crippen LogP contribution in [0.3, 0.4) is 0 Å². The van der Waals surface area contributed by atoms with Crippen LogP contribution in [0.4, 0.5) is 8.78 Å². The summed E-state index contributed by atoms with van der Waals surface area (Å²) in [4.78, 5) is 0. The predicted molar refractivity (Wildman–Crippen MR) is 42.2 cm³/mol. The fourth-order valence-corrected chi connectivity index (χ4v) is 1.55. The number of aliphatic hydroxyl groups excluding tert-OH is 1. The summed E-state index contributed by atoms with van der Waals surface area (Å²) in [6.07, 6.45) is -1.35. The number of β-amino-alcohol motifs (C(OH)–C–C–N with tert-alkyl or cyclic N) is 1. The van der Waals surface area contributed by atoms with Gasteiger partial charge in [0.2, 0.25) is 6.43 Å². The summed E-state index contributed by atoms with van der Waals surface area (Å²) in [5.74, 6) is 0.184. The lowest BCUT2D eigenvalue weighted by molar-refractivity contribution is 0.116. The lowest BCUT2D eigenvalue weighted by atomic mass is 9.99. The normalized spacial score (nSPS) is 30.0. The molecular weight excluding hydrogens is 164 g/mol. The van der Waals surface area contributed by atoms with E-state index >= 15 is 0 Å². The minimum Gasteiger partial charge on any atom is -0.391 e. The molecule has 0 radical (unpaired) electrons. The third-order valence-electron chi connectivity index (χ3n) is 2.30. The van der Waals surface area contributed by atoms with Gasteiger partial charge in [-0.05, 0) is 18.8 Å². The molecule has 0 spiro atoms. The molecule has 2 nitrogen and oxygen atoms in total. The van der Waals surface area contributed by atoms with Gasteiger partial charge in [0, 0.05) is 19.5 Å². The van der Waals surface area contributed by atoms with Gasteiger partial charge < -0.3 is 10.4 Å². The van der Waals surface area contributed by atoms with Crippen molar-refractivity contribution in [1.82, 2.24) is 5.32 Å². The number of hydrogen-bond donors (Lipinski definition) is 2. The van der Waals surface area contributed by atoms with Gasteiger partial charge >= 0.3 is 0 Å². The van der Waals surface area contributed by atoms with Gasteiger partial charge in [-0.1, -0.05) is 0 Å². The minimum atomic E-state index is -2.20. The Bertz CT molecular complexity index is 132. The minimum absolute atomic E-state index is 0.0385. The van der Waals surface area contributed by atoms with E-state index in [4.69, 9.17) is 0 Å². The fraction of sp³-hybridized carbons (Fsp3) is 1.00. The van der Waals surface area contributed by atoms with Crippen LogP contribution in [0.1, 0.15) is 19.3 Å². The van der Waals surface area contributed by atoms with Crippen molar-refractivity contribution in [3.05, 3.63) is 0 Å². The summed E-state index contributed by atoms with van der Waals surface area (Å²) in [7, 11) is 0. The molecule has 0 saturated carbocycles. The first-order valence-electron chi connectivity index (χ1n) is 4.37. The molecule has 72 valence electrons. The quantitative estimate of drug-likeness (QED) is 0.674. The monoisotopic (exact) mass is 179 g/mol. The zero-order chi connectivity index (χ0) is 8.97. The summed E-state index contributed by atoms with van der Waals surface area (Å²) >= 11 is 0. The van der Waals surface area contributed by atoms with E-state index in [0.29, 0.717) is 19.4 Å². The number of nitrogens with one attached hydrogen (secondary N) is 1. The van der Waals surface area contributed by atoms with Crippen LogP contribution in [0.25, 0.3) is 0 Å². The maximum absolute atomic E-state index is 11.7. The van der Waals surface area contributed by atoms with Gasteiger partial charge in [-0.2, -0.15) is 0 Å². The van der Waals surface area contributed by atoms with Gasteiger partial charge in [0.25, 0.3) is 0 Å². The summed E-state index contributed by atoms with van der Waals surface area (Å²) < 4.78 is 23.5. The number of rotatable bonds is 4. The number of aliphatic hydroxyl groups is 1. The van der Waals surface area contributed by atoms with Crippen molar-refractivity contribution in [2.24, 2.45) is 5.92 Å². The Morgan fingerprint density at radius 2 is 2.17 bits per heavy atom. The van der Waals surface area contributed by atoms with Crippen LogP contribution < -0.4 is 5.32 Å². The van der Waals surface area contributed by atoms with Crippen molar-refractivity contribution in [1.29, 1.82) is 0 Å². The number of alkyl halides is 2. The van der Waals surface area contributed by atoms with Crippen LogP contribution in [0.15, 0.2) is 0 Å². The van der Waals surface area contributed by atoms with Crippen LogP contribution in [0.2, 0.25) is 0 Å². The smallest absolute Gasteiger partial charge is 0.238 e. The molecule has 12 heavy (non-hydrogen) atoms. The highest BCUT2D eigenvalue weighted by Gasteiger charge is 2.24. The average Bonchev–Trinajstić information content (AvgIpc) is 2.36. The van der Waals surface area contributed by atoms with Gasteiger partial charge in [-0.15, -0.1) is 0 Å². The third-order valence-corrected chi connectivity index (χ3v) is 2.30. The molecule has 1 heterocycles. The molecule has 2 N–H and O–H groups in total. The molecule has 1 fully saturated rings. The van der Waals surface area contributed by atoms with E-state index in [1.165, 1.54) is 0 Å². The summed E-state index contributed by atoms with van der Waals surface area (Å²) in [6, 6.07) is 0. The van der Waals surface area contributed by atoms with Crippen LogP contribution in [-0.4, -0.2) is 30.7 Å². The van der Waals surface area contributed by atoms with E-state index in [1.807, 2.05) is 0 Å². The third kappa shape index (κ3) is 3.03. The van der Waals surface area contributed by atoms with Crippen molar-refractivity contribution in [3.63, 3.8) is 0 Å². The molecule has 4 heteroatoms. The van der Waals surface area contributed by atoms with Crippen molar-refractivity contribution in [3.8, 4) is 0 Å². The molecule has 0 aromatic rings. The molecule has 1 rings (SSSR count). The number of hydrogen-bond acceptors (Lipinski definition) is 2. The largest absolute Gasteiger partial charge is 0.391 e. The Morgan fingerprint density at radius 1 is 1.42 bits per heavy atom. The molecule has 1 aliphatic rings. The molecule has 0 aromatic heterocycles. The zero-order valence-electron chi connectivity index (χ0n) is 6.97. The Balaban J connectivity index is 2.06. The molecule has 2 unspecified atom stereocenters. The Kier molecular flexibility index (Phi) is 3.88. The fourth-order valence-electron chi connectivity index (χ4n) is 1.55. The van der Waals surface area contributed by atoms with Gasteiger partial charge in [0.15, 0.2) is 0 Å². The summed E-state index contributed by atoms with van der Waals surface area (Å²) in [5.41, 5.74) is 0. The second-order valence-corrected chi connectivity index (χ2v) is 3.31. The number of halogens is 2. The molecule has 0 aromatic carbocycles. The maximum atomic E-state index is 11.7. The summed E-state index contributed by atoms with van der Waals surface area (Å²) in [6.45, 7) is 1.38. The van der Waals surface area contributed by atoms with Gasteiger partial charge in [-0.3, -0.25) is 0 Å². The van der Waals surface area contributed by atoms with Crippen molar-refractivity contribution in [2.45, 2.75) is 31.8 Å². The van der Waals surface area contributed by atoms with Crippen LogP contribution in [0.5, 0.6) is 0 Å². The van der Waals surface area contributed by atoms with E-state index in [-0.39, 0.29) is 18.4 Å². The van der Waals surface area contributed by atoms with Gasteiger partial charge in [-0.25, -0.2) is 8.78 Å². The lowest BCUT2D eigenvalue weighted by Crippen LogP contribution is -2.17. The van der Waals surface area contributed by atoms with Crippen LogP contribution in [0, 0.1) is 5.92 Å². The van der Waals surface area contributed by atoms with Crippen molar-refractivity contribution < 1.29 is 13.9 Å². The summed E-state index contributed by atoms with van der Waals surface area (Å²) in [5, 5.41) is 12.3. The average molecular weight is 179 g/mol. The van der Waals surface area contributed by atoms with Crippen LogP contribution in [-0.2, 0) is 0 Å². The highest BCUT2D eigenvalue weighted by molar-refractivity contribution is 4.79. The standard InChI is InChI=1S/C8H15F2NO/c9-8(10)3-1-2-6-4-11-5-7(6)12/h6-8,11-12H,1-5H2. The van der Waals surface area contributed by atoms with E-state index in [1.54, 1.807) is 0 Å². The SMILES string of the molecule is OC1CNCC1CCCC(F)F. The molecule has 0 aliphatic carbocycles. The van der Waals surface area contributed by atoms with Gasteiger partial charge in [0.05, 0.1) is 6.10 Å². The van der Waals surface area contributed by atoms with E-state index in [0.717, 1.165) is 6.54 Å². The second kappa shape index (κ2) is 4.72. The lowest BCUT2D eigenvalue weighted by Gasteiger charge is -2.11. The highest BCUT2D eigenvalue weighted by atomic mass is 19.3. The molecule has 0 amide bonds. The van der Waals surface area contributed by atoms with E-state index in [9.17, 15) is 13.9 Å².